The maximum absolute atomic E-state index is 11.7. The van der Waals surface area contributed by atoms with Gasteiger partial charge in [-0.05, 0) is 6.42 Å². The number of hydrogen-bond donors (Lipinski definition) is 0. The molecule has 0 saturated carbocycles. The number of ether oxygens (including phenoxy) is 2. The van der Waals surface area contributed by atoms with Gasteiger partial charge in [0.15, 0.2) is 11.3 Å². The minimum atomic E-state index is -0.480. The van der Waals surface area contributed by atoms with E-state index in [2.05, 4.69) is 30.7 Å². The average molecular weight is 305 g/mol. The maximum Gasteiger partial charge on any atom is 0.358 e. The lowest BCUT2D eigenvalue weighted by molar-refractivity contribution is 0.0594. The van der Waals surface area contributed by atoms with Gasteiger partial charge in [-0.1, -0.05) is 20.8 Å². The third-order valence-corrected chi connectivity index (χ3v) is 3.64. The number of hydrogen-bond acceptors (Lipinski definition) is 5. The third kappa shape index (κ3) is 2.83. The lowest BCUT2D eigenvalue weighted by Gasteiger charge is -2.22. The molecule has 2 heterocycles. The molecular formula is C16H23N3O3. The van der Waals surface area contributed by atoms with Crippen LogP contribution in [0.5, 0.6) is 0 Å². The number of esters is 1. The summed E-state index contributed by atoms with van der Waals surface area (Å²) in [6.45, 7) is 7.07. The Morgan fingerprint density at radius 3 is 2.55 bits per heavy atom. The van der Waals surface area contributed by atoms with Crippen molar-refractivity contribution in [1.29, 1.82) is 0 Å². The van der Waals surface area contributed by atoms with Crippen molar-refractivity contribution in [2.45, 2.75) is 32.6 Å². The summed E-state index contributed by atoms with van der Waals surface area (Å²) in [6.07, 6.45) is 2.23. The summed E-state index contributed by atoms with van der Waals surface area (Å²) < 4.78 is 12.0. The number of nitrogens with zero attached hydrogens (tertiary/aromatic N) is 3. The van der Waals surface area contributed by atoms with E-state index in [1.807, 2.05) is 11.6 Å². The van der Waals surface area contributed by atoms with Crippen LogP contribution in [0.3, 0.4) is 0 Å². The summed E-state index contributed by atoms with van der Waals surface area (Å²) in [4.78, 5) is 20.6. The van der Waals surface area contributed by atoms with Crippen LogP contribution in [-0.2, 0) is 28.4 Å². The molecule has 0 atom stereocenters. The highest BCUT2D eigenvalue weighted by Gasteiger charge is 2.27. The number of rotatable bonds is 4. The normalized spacial score (nSPS) is 11.9. The summed E-state index contributed by atoms with van der Waals surface area (Å²) in [5, 5.41) is 0. The van der Waals surface area contributed by atoms with E-state index in [0.29, 0.717) is 12.3 Å². The van der Waals surface area contributed by atoms with Gasteiger partial charge in [0, 0.05) is 30.8 Å². The molecule has 6 nitrogen and oxygen atoms in total. The predicted molar refractivity (Wildman–Crippen MR) is 84.1 cm³/mol. The molecule has 0 aliphatic heterocycles. The molecule has 0 bridgehead atoms. The molecule has 0 fully saturated rings. The van der Waals surface area contributed by atoms with Crippen LogP contribution < -0.4 is 0 Å². The SMILES string of the molecule is COCCc1c(C(C)(C)C)n(C)c2nc(C(=O)OC)cnc12. The van der Waals surface area contributed by atoms with Crippen LogP contribution in [0.15, 0.2) is 6.20 Å². The lowest BCUT2D eigenvalue weighted by Crippen LogP contribution is -2.18. The van der Waals surface area contributed by atoms with E-state index >= 15 is 0 Å². The lowest BCUT2D eigenvalue weighted by atomic mass is 9.88. The topological polar surface area (TPSA) is 66.2 Å². The fourth-order valence-electron chi connectivity index (χ4n) is 2.85. The van der Waals surface area contributed by atoms with E-state index in [9.17, 15) is 4.79 Å². The minimum absolute atomic E-state index is 0.0639. The molecule has 22 heavy (non-hydrogen) atoms. The Balaban J connectivity index is 2.70. The van der Waals surface area contributed by atoms with Crippen molar-refractivity contribution in [2.24, 2.45) is 7.05 Å². The molecule has 0 radical (unpaired) electrons. The van der Waals surface area contributed by atoms with Gasteiger partial charge in [-0.2, -0.15) is 0 Å². The van der Waals surface area contributed by atoms with Gasteiger partial charge in [-0.15, -0.1) is 0 Å². The van der Waals surface area contributed by atoms with Gasteiger partial charge >= 0.3 is 5.97 Å². The molecular weight excluding hydrogens is 282 g/mol. The highest BCUT2D eigenvalue weighted by Crippen LogP contribution is 2.32. The van der Waals surface area contributed by atoms with E-state index < -0.39 is 5.97 Å². The van der Waals surface area contributed by atoms with Gasteiger partial charge < -0.3 is 14.0 Å². The number of methoxy groups -OCH3 is 2. The molecule has 0 N–H and O–H groups in total. The second kappa shape index (κ2) is 6.04. The first kappa shape index (κ1) is 16.4. The first-order chi connectivity index (χ1) is 10.3. The first-order valence-corrected chi connectivity index (χ1v) is 7.23. The molecule has 6 heteroatoms. The van der Waals surface area contributed by atoms with Crippen molar-refractivity contribution < 1.29 is 14.3 Å². The van der Waals surface area contributed by atoms with E-state index in [1.54, 1.807) is 7.11 Å². The molecule has 2 aromatic rings. The van der Waals surface area contributed by atoms with Crippen LogP contribution in [-0.4, -0.2) is 41.3 Å². The predicted octanol–water partition coefficient (Wildman–Crippen LogP) is 2.24. The Bertz CT molecular complexity index is 699. The molecule has 2 rings (SSSR count). The van der Waals surface area contributed by atoms with Crippen molar-refractivity contribution in [3.63, 3.8) is 0 Å². The third-order valence-electron chi connectivity index (χ3n) is 3.64. The molecule has 0 aliphatic rings. The Morgan fingerprint density at radius 1 is 1.32 bits per heavy atom. The molecule has 0 saturated heterocycles. The smallest absolute Gasteiger partial charge is 0.358 e. The summed E-state index contributed by atoms with van der Waals surface area (Å²) in [6, 6.07) is 0. The van der Waals surface area contributed by atoms with Crippen LogP contribution in [0, 0.1) is 0 Å². The number of carbonyl (C=O) groups is 1. The van der Waals surface area contributed by atoms with E-state index in [1.165, 1.54) is 13.3 Å². The zero-order valence-electron chi connectivity index (χ0n) is 14.1. The molecule has 0 unspecified atom stereocenters. The summed E-state index contributed by atoms with van der Waals surface area (Å²) >= 11 is 0. The van der Waals surface area contributed by atoms with Crippen LogP contribution in [0.1, 0.15) is 42.5 Å². The Labute approximate surface area is 130 Å². The summed E-state index contributed by atoms with van der Waals surface area (Å²) in [5.74, 6) is -0.480. The van der Waals surface area contributed by atoms with Crippen LogP contribution in [0.2, 0.25) is 0 Å². The second-order valence-corrected chi connectivity index (χ2v) is 6.30. The zero-order valence-corrected chi connectivity index (χ0v) is 14.1. The van der Waals surface area contributed by atoms with Gasteiger partial charge in [-0.25, -0.2) is 9.78 Å². The van der Waals surface area contributed by atoms with Crippen LogP contribution in [0.25, 0.3) is 11.2 Å². The fourth-order valence-corrected chi connectivity index (χ4v) is 2.85. The molecule has 0 amide bonds. The Kier molecular flexibility index (Phi) is 4.51. The zero-order chi connectivity index (χ0) is 16.5. The van der Waals surface area contributed by atoms with E-state index in [4.69, 9.17) is 9.47 Å². The first-order valence-electron chi connectivity index (χ1n) is 7.23. The largest absolute Gasteiger partial charge is 0.464 e. The monoisotopic (exact) mass is 305 g/mol. The van der Waals surface area contributed by atoms with Crippen LogP contribution in [0.4, 0.5) is 0 Å². The molecule has 0 spiro atoms. The van der Waals surface area contributed by atoms with Crippen molar-refractivity contribution >= 4 is 17.1 Å². The van der Waals surface area contributed by atoms with Crippen molar-refractivity contribution in [1.82, 2.24) is 14.5 Å². The quantitative estimate of drug-likeness (QED) is 0.810. The second-order valence-electron chi connectivity index (χ2n) is 6.30. The fraction of sp³-hybridized carbons (Fsp3) is 0.562. The van der Waals surface area contributed by atoms with Gasteiger partial charge in [0.1, 0.15) is 5.52 Å². The van der Waals surface area contributed by atoms with Crippen LogP contribution >= 0.6 is 0 Å². The summed E-state index contributed by atoms with van der Waals surface area (Å²) in [7, 11) is 4.97. The minimum Gasteiger partial charge on any atom is -0.464 e. The number of aryl methyl sites for hydroxylation is 1. The standard InChI is InChI=1S/C16H23N3O3/c1-16(2,3)13-10(7-8-21-5)12-14(19(13)4)18-11(9-17-12)15(20)22-6/h9H,7-8H2,1-6H3. The van der Waals surface area contributed by atoms with Gasteiger partial charge in [0.2, 0.25) is 0 Å². The van der Waals surface area contributed by atoms with Gasteiger partial charge in [0.05, 0.1) is 19.9 Å². The van der Waals surface area contributed by atoms with E-state index in [-0.39, 0.29) is 11.1 Å². The van der Waals surface area contributed by atoms with Crippen molar-refractivity contribution in [3.05, 3.63) is 23.1 Å². The molecule has 120 valence electrons. The average Bonchev–Trinajstić information content (AvgIpc) is 2.76. The number of carbonyl (C=O) groups excluding carboxylic acids is 1. The summed E-state index contributed by atoms with van der Waals surface area (Å²) in [5.41, 5.74) is 3.94. The Hall–Kier alpha value is -1.95. The molecule has 0 aliphatic carbocycles. The maximum atomic E-state index is 11.7. The van der Waals surface area contributed by atoms with Gasteiger partial charge in [-0.3, -0.25) is 4.98 Å². The Morgan fingerprint density at radius 2 is 2.00 bits per heavy atom. The highest BCUT2D eigenvalue weighted by atomic mass is 16.5. The molecule has 2 aromatic heterocycles. The number of aromatic nitrogens is 3. The highest BCUT2D eigenvalue weighted by molar-refractivity contribution is 5.89. The van der Waals surface area contributed by atoms with Crippen molar-refractivity contribution in [2.75, 3.05) is 20.8 Å². The van der Waals surface area contributed by atoms with E-state index in [0.717, 1.165) is 23.2 Å². The van der Waals surface area contributed by atoms with Gasteiger partial charge in [0.25, 0.3) is 0 Å². The number of fused-ring (bicyclic) bond motifs is 1. The van der Waals surface area contributed by atoms with Crippen molar-refractivity contribution in [3.8, 4) is 0 Å². The molecule has 0 aromatic carbocycles.